The molecule has 0 aliphatic carbocycles. The predicted molar refractivity (Wildman–Crippen MR) is 87.6 cm³/mol. The highest BCUT2D eigenvalue weighted by Gasteiger charge is 2.22. The molecule has 1 saturated heterocycles. The number of hydrogen-bond donors (Lipinski definition) is 2. The Kier molecular flexibility index (Phi) is 8.12. The van der Waals surface area contributed by atoms with Crippen molar-refractivity contribution in [1.29, 1.82) is 0 Å². The number of likely N-dealkylation sites (tertiary alicyclic amines) is 1. The highest BCUT2D eigenvalue weighted by molar-refractivity contribution is 7.87. The normalized spacial score (nSPS) is 18.8. The van der Waals surface area contributed by atoms with Gasteiger partial charge >= 0.3 is 0 Å². The second-order valence-electron chi connectivity index (χ2n) is 6.23. The van der Waals surface area contributed by atoms with E-state index in [1.165, 1.54) is 17.1 Å². The van der Waals surface area contributed by atoms with E-state index in [-0.39, 0.29) is 6.04 Å². The van der Waals surface area contributed by atoms with Crippen molar-refractivity contribution in [2.45, 2.75) is 52.1 Å². The Morgan fingerprint density at radius 2 is 1.81 bits per heavy atom. The van der Waals surface area contributed by atoms with E-state index in [0.29, 0.717) is 19.1 Å². The van der Waals surface area contributed by atoms with Gasteiger partial charge in [-0.05, 0) is 45.8 Å². The first-order valence-corrected chi connectivity index (χ1v) is 9.45. The number of hydrogen-bond acceptors (Lipinski definition) is 4. The highest BCUT2D eigenvalue weighted by Crippen LogP contribution is 2.11. The summed E-state index contributed by atoms with van der Waals surface area (Å²) in [6.07, 6.45) is 3.26. The lowest BCUT2D eigenvalue weighted by Gasteiger charge is -2.25. The van der Waals surface area contributed by atoms with Crippen LogP contribution < -0.4 is 10.0 Å². The number of rotatable bonds is 10. The molecule has 1 aliphatic heterocycles. The number of nitrogens with zero attached hydrogens (tertiary/aromatic N) is 2. The van der Waals surface area contributed by atoms with E-state index in [2.05, 4.69) is 35.7 Å². The smallest absolute Gasteiger partial charge is 0.279 e. The van der Waals surface area contributed by atoms with Crippen molar-refractivity contribution in [3.63, 3.8) is 0 Å². The van der Waals surface area contributed by atoms with Crippen molar-refractivity contribution < 1.29 is 8.42 Å². The van der Waals surface area contributed by atoms with E-state index in [1.54, 1.807) is 7.05 Å². The Morgan fingerprint density at radius 1 is 1.19 bits per heavy atom. The lowest BCUT2D eigenvalue weighted by atomic mass is 10.3. The molecule has 1 unspecified atom stereocenters. The third-order valence-electron chi connectivity index (χ3n) is 3.94. The van der Waals surface area contributed by atoms with Gasteiger partial charge in [-0.25, -0.2) is 4.72 Å². The fourth-order valence-corrected chi connectivity index (χ4v) is 3.50. The van der Waals surface area contributed by atoms with Crippen LogP contribution in [0.5, 0.6) is 0 Å². The molecule has 0 spiro atoms. The molecule has 0 bridgehead atoms. The maximum absolute atomic E-state index is 12.2. The zero-order valence-electron chi connectivity index (χ0n) is 13.9. The van der Waals surface area contributed by atoms with E-state index >= 15 is 0 Å². The van der Waals surface area contributed by atoms with Crippen molar-refractivity contribution in [1.82, 2.24) is 19.2 Å². The van der Waals surface area contributed by atoms with Gasteiger partial charge in [0.15, 0.2) is 0 Å². The molecule has 0 aromatic carbocycles. The predicted octanol–water partition coefficient (Wildman–Crippen LogP) is 0.625. The first-order chi connectivity index (χ1) is 9.83. The molecule has 1 atom stereocenters. The van der Waals surface area contributed by atoms with Gasteiger partial charge in [-0.3, -0.25) is 4.90 Å². The zero-order chi connectivity index (χ0) is 15.9. The van der Waals surface area contributed by atoms with Crippen LogP contribution in [0.1, 0.15) is 40.0 Å². The van der Waals surface area contributed by atoms with E-state index in [1.807, 2.05) is 0 Å². The van der Waals surface area contributed by atoms with Gasteiger partial charge in [0, 0.05) is 32.2 Å². The van der Waals surface area contributed by atoms with E-state index in [9.17, 15) is 8.42 Å². The summed E-state index contributed by atoms with van der Waals surface area (Å²) < 4.78 is 28.4. The Balaban J connectivity index is 2.27. The Morgan fingerprint density at radius 3 is 2.38 bits per heavy atom. The quantitative estimate of drug-likeness (QED) is 0.579. The van der Waals surface area contributed by atoms with Crippen LogP contribution in [0, 0.1) is 0 Å². The molecular weight excluding hydrogens is 288 g/mol. The molecule has 7 heteroatoms. The molecule has 1 aliphatic rings. The van der Waals surface area contributed by atoms with Crippen LogP contribution in [0.3, 0.4) is 0 Å². The molecule has 0 saturated carbocycles. The molecular formula is C14H32N4O2S. The maximum Gasteiger partial charge on any atom is 0.279 e. The summed E-state index contributed by atoms with van der Waals surface area (Å²) >= 11 is 0. The molecule has 2 N–H and O–H groups in total. The van der Waals surface area contributed by atoms with Crippen molar-refractivity contribution in [3.05, 3.63) is 0 Å². The average molecular weight is 321 g/mol. The topological polar surface area (TPSA) is 64.7 Å². The van der Waals surface area contributed by atoms with Crippen molar-refractivity contribution in [2.75, 3.05) is 39.8 Å². The fourth-order valence-electron chi connectivity index (χ4n) is 2.46. The molecule has 0 aromatic heterocycles. The molecule has 126 valence electrons. The van der Waals surface area contributed by atoms with Gasteiger partial charge in [-0.2, -0.15) is 12.7 Å². The van der Waals surface area contributed by atoms with Crippen molar-refractivity contribution in [3.8, 4) is 0 Å². The molecule has 0 aromatic rings. The van der Waals surface area contributed by atoms with Gasteiger partial charge in [0.05, 0.1) is 0 Å². The van der Waals surface area contributed by atoms with Crippen molar-refractivity contribution in [2.24, 2.45) is 0 Å². The van der Waals surface area contributed by atoms with Gasteiger partial charge in [-0.15, -0.1) is 0 Å². The van der Waals surface area contributed by atoms with E-state index in [0.717, 1.165) is 26.1 Å². The minimum absolute atomic E-state index is 0.262. The van der Waals surface area contributed by atoms with Gasteiger partial charge in [0.2, 0.25) is 0 Å². The average Bonchev–Trinajstić information content (AvgIpc) is 2.94. The molecule has 1 heterocycles. The van der Waals surface area contributed by atoms with Gasteiger partial charge in [-0.1, -0.05) is 13.8 Å². The second kappa shape index (κ2) is 9.05. The summed E-state index contributed by atoms with van der Waals surface area (Å²) in [5.74, 6) is 0. The molecule has 6 nitrogen and oxygen atoms in total. The summed E-state index contributed by atoms with van der Waals surface area (Å²) in [5, 5.41) is 3.29. The van der Waals surface area contributed by atoms with Crippen LogP contribution in [-0.4, -0.2) is 69.5 Å². The van der Waals surface area contributed by atoms with Crippen LogP contribution in [0.4, 0.5) is 0 Å². The minimum Gasteiger partial charge on any atom is -0.314 e. The Hall–Kier alpha value is -0.210. The summed E-state index contributed by atoms with van der Waals surface area (Å²) in [5.41, 5.74) is 0. The van der Waals surface area contributed by atoms with Gasteiger partial charge < -0.3 is 5.32 Å². The van der Waals surface area contributed by atoms with Crippen LogP contribution in [0.15, 0.2) is 0 Å². The fraction of sp³-hybridized carbons (Fsp3) is 1.00. The van der Waals surface area contributed by atoms with Crippen LogP contribution in [0.25, 0.3) is 0 Å². The largest absolute Gasteiger partial charge is 0.314 e. The first kappa shape index (κ1) is 18.8. The first-order valence-electron chi connectivity index (χ1n) is 8.01. The molecule has 1 rings (SSSR count). The van der Waals surface area contributed by atoms with Gasteiger partial charge in [0.25, 0.3) is 10.2 Å². The van der Waals surface area contributed by atoms with Crippen LogP contribution in [0.2, 0.25) is 0 Å². The van der Waals surface area contributed by atoms with Gasteiger partial charge in [0.1, 0.15) is 0 Å². The third kappa shape index (κ3) is 7.06. The van der Waals surface area contributed by atoms with Crippen LogP contribution >= 0.6 is 0 Å². The molecule has 0 radical (unpaired) electrons. The monoisotopic (exact) mass is 320 g/mol. The van der Waals surface area contributed by atoms with Crippen molar-refractivity contribution >= 4 is 10.2 Å². The van der Waals surface area contributed by atoms with E-state index < -0.39 is 10.2 Å². The lowest BCUT2D eigenvalue weighted by Crippen LogP contribution is -2.45. The molecule has 0 amide bonds. The second-order valence-corrected chi connectivity index (χ2v) is 8.09. The van der Waals surface area contributed by atoms with E-state index in [4.69, 9.17) is 0 Å². The molecule has 1 fully saturated rings. The summed E-state index contributed by atoms with van der Waals surface area (Å²) in [4.78, 5) is 2.34. The summed E-state index contributed by atoms with van der Waals surface area (Å²) in [6.45, 7) is 10.3. The maximum atomic E-state index is 12.2. The highest BCUT2D eigenvalue weighted by atomic mass is 32.2. The summed E-state index contributed by atoms with van der Waals surface area (Å²) in [6, 6.07) is 0.699. The molecule has 21 heavy (non-hydrogen) atoms. The minimum atomic E-state index is -3.36. The lowest BCUT2D eigenvalue weighted by molar-refractivity contribution is 0.258. The SMILES string of the molecule is CC(C)NCCCN(C)S(=O)(=O)NCC(C)N1CCCC1. The zero-order valence-corrected chi connectivity index (χ0v) is 14.7. The third-order valence-corrected chi connectivity index (χ3v) is 5.47. The van der Waals surface area contributed by atoms with Crippen LogP contribution in [-0.2, 0) is 10.2 Å². The summed E-state index contributed by atoms with van der Waals surface area (Å²) in [7, 11) is -1.72. The standard InChI is InChI=1S/C14H32N4O2S/c1-13(2)15-8-7-9-17(4)21(19,20)16-12-14(3)18-10-5-6-11-18/h13-16H,5-12H2,1-4H3. The Bertz CT molecular complexity index is 380. The number of nitrogens with one attached hydrogen (secondary N) is 2. The Labute approximate surface area is 130 Å².